The van der Waals surface area contributed by atoms with Crippen molar-refractivity contribution in [2.75, 3.05) is 0 Å². The Labute approximate surface area is 85.5 Å². The first-order chi connectivity index (χ1) is 7.29. The van der Waals surface area contributed by atoms with Crippen LogP contribution in [0.4, 0.5) is 22.0 Å². The summed E-state index contributed by atoms with van der Waals surface area (Å²) in [6, 6.07) is 0. The van der Waals surface area contributed by atoms with E-state index in [9.17, 15) is 26.7 Å². The Morgan fingerprint density at radius 2 is 1.94 bits per heavy atom. The lowest BCUT2D eigenvalue weighted by molar-refractivity contribution is -0.139. The van der Waals surface area contributed by atoms with Crippen LogP contribution < -0.4 is 5.56 Å². The highest BCUT2D eigenvalue weighted by molar-refractivity contribution is 5.34. The van der Waals surface area contributed by atoms with Gasteiger partial charge in [0, 0.05) is 11.8 Å². The summed E-state index contributed by atoms with van der Waals surface area (Å²) in [7, 11) is 0. The largest absolute Gasteiger partial charge is 0.418 e. The lowest BCUT2D eigenvalue weighted by Gasteiger charge is -2.13. The highest BCUT2D eigenvalue weighted by atomic mass is 19.4. The van der Waals surface area contributed by atoms with Gasteiger partial charge >= 0.3 is 6.18 Å². The van der Waals surface area contributed by atoms with E-state index >= 15 is 0 Å². The van der Waals surface area contributed by atoms with Crippen LogP contribution in [0.2, 0.25) is 0 Å². The molecule has 0 spiro atoms. The zero-order valence-electron chi connectivity index (χ0n) is 7.61. The zero-order chi connectivity index (χ0) is 12.5. The summed E-state index contributed by atoms with van der Waals surface area (Å²) < 4.78 is 61.7. The van der Waals surface area contributed by atoms with E-state index in [1.807, 2.05) is 0 Å². The van der Waals surface area contributed by atoms with Crippen LogP contribution in [0.25, 0.3) is 0 Å². The van der Waals surface area contributed by atoms with E-state index in [1.54, 1.807) is 4.98 Å². The van der Waals surface area contributed by atoms with Crippen molar-refractivity contribution < 1.29 is 27.1 Å². The van der Waals surface area contributed by atoms with Crippen molar-refractivity contribution in [1.82, 2.24) is 4.98 Å². The molecule has 8 heteroatoms. The normalized spacial score (nSPS) is 12.2. The molecule has 0 aromatic carbocycles. The van der Waals surface area contributed by atoms with Gasteiger partial charge < -0.3 is 10.1 Å². The number of aromatic amines is 1. The molecular formula is C8H6F5NO2. The lowest BCUT2D eigenvalue weighted by atomic mass is 10.0. The number of aliphatic hydroxyl groups excluding tert-OH is 1. The van der Waals surface area contributed by atoms with E-state index in [0.717, 1.165) is 0 Å². The van der Waals surface area contributed by atoms with Crippen LogP contribution in [-0.2, 0) is 12.8 Å². The van der Waals surface area contributed by atoms with Gasteiger partial charge in [0.25, 0.3) is 12.0 Å². The van der Waals surface area contributed by atoms with Crippen LogP contribution in [0.5, 0.6) is 0 Å². The molecule has 1 aromatic rings. The van der Waals surface area contributed by atoms with Crippen molar-refractivity contribution in [3.05, 3.63) is 33.2 Å². The topological polar surface area (TPSA) is 53.1 Å². The maximum absolute atomic E-state index is 12.3. The number of aromatic nitrogens is 1. The van der Waals surface area contributed by atoms with Crippen LogP contribution in [0.3, 0.4) is 0 Å². The van der Waals surface area contributed by atoms with Crippen LogP contribution in [0.15, 0.2) is 11.0 Å². The minimum absolute atomic E-state index is 0.264. The third-order valence-corrected chi connectivity index (χ3v) is 1.92. The summed E-state index contributed by atoms with van der Waals surface area (Å²) in [5.74, 6) is 0. The summed E-state index contributed by atoms with van der Waals surface area (Å²) in [5, 5.41) is 8.65. The van der Waals surface area contributed by atoms with Gasteiger partial charge in [-0.25, -0.2) is 8.78 Å². The summed E-state index contributed by atoms with van der Waals surface area (Å²) in [6.45, 7) is -1.28. The first-order valence-corrected chi connectivity index (χ1v) is 3.99. The zero-order valence-corrected chi connectivity index (χ0v) is 7.61. The molecule has 0 saturated carbocycles. The Hall–Kier alpha value is -1.44. The van der Waals surface area contributed by atoms with Crippen LogP contribution in [-0.4, -0.2) is 10.1 Å². The van der Waals surface area contributed by atoms with E-state index in [2.05, 4.69) is 0 Å². The van der Waals surface area contributed by atoms with Gasteiger partial charge in [-0.3, -0.25) is 4.79 Å². The average molecular weight is 243 g/mol. The fourth-order valence-electron chi connectivity index (χ4n) is 1.24. The molecule has 0 saturated heterocycles. The number of halogens is 5. The number of alkyl halides is 5. The van der Waals surface area contributed by atoms with Crippen molar-refractivity contribution in [3.8, 4) is 0 Å². The molecule has 0 fully saturated rings. The second kappa shape index (κ2) is 4.20. The number of pyridine rings is 1. The van der Waals surface area contributed by atoms with Crippen molar-refractivity contribution in [1.29, 1.82) is 0 Å². The number of nitrogens with one attached hydrogen (secondary N) is 1. The van der Waals surface area contributed by atoms with Gasteiger partial charge in [-0.2, -0.15) is 13.2 Å². The molecule has 0 aliphatic carbocycles. The molecule has 1 rings (SSSR count). The molecule has 0 radical (unpaired) electrons. The van der Waals surface area contributed by atoms with E-state index in [4.69, 9.17) is 5.11 Å². The molecule has 0 aliphatic heterocycles. The molecule has 0 bridgehead atoms. The highest BCUT2D eigenvalue weighted by Gasteiger charge is 2.36. The quantitative estimate of drug-likeness (QED) is 0.778. The third-order valence-electron chi connectivity index (χ3n) is 1.92. The minimum atomic E-state index is -4.91. The molecule has 0 atom stereocenters. The van der Waals surface area contributed by atoms with Gasteiger partial charge in [0.2, 0.25) is 0 Å². The van der Waals surface area contributed by atoms with E-state index < -0.39 is 41.5 Å². The third kappa shape index (κ3) is 2.21. The number of aliphatic hydroxyl groups is 1. The average Bonchev–Trinajstić information content (AvgIpc) is 2.14. The lowest BCUT2D eigenvalue weighted by Crippen LogP contribution is -2.21. The summed E-state index contributed by atoms with van der Waals surface area (Å²) in [4.78, 5) is 12.5. The molecule has 90 valence electrons. The molecule has 0 unspecified atom stereocenters. The maximum Gasteiger partial charge on any atom is 0.418 e. The van der Waals surface area contributed by atoms with Gasteiger partial charge in [0.1, 0.15) is 0 Å². The molecule has 1 aromatic heterocycles. The molecule has 0 aliphatic rings. The Morgan fingerprint density at radius 1 is 1.38 bits per heavy atom. The van der Waals surface area contributed by atoms with E-state index in [-0.39, 0.29) is 6.20 Å². The van der Waals surface area contributed by atoms with Crippen molar-refractivity contribution in [2.24, 2.45) is 0 Å². The summed E-state index contributed by atoms with van der Waals surface area (Å²) in [5.41, 5.74) is -5.25. The Kier molecular flexibility index (Phi) is 3.32. The first-order valence-electron chi connectivity index (χ1n) is 3.99. The number of hydrogen-bond donors (Lipinski definition) is 2. The SMILES string of the molecule is O=c1[nH]cc(C(F)(F)F)c(CO)c1C(F)F. The smallest absolute Gasteiger partial charge is 0.392 e. The van der Waals surface area contributed by atoms with Crippen molar-refractivity contribution >= 4 is 0 Å². The van der Waals surface area contributed by atoms with Gasteiger partial charge in [0.05, 0.1) is 17.7 Å². The highest BCUT2D eigenvalue weighted by Crippen LogP contribution is 2.34. The van der Waals surface area contributed by atoms with Gasteiger partial charge in [-0.15, -0.1) is 0 Å². The Bertz CT molecular complexity index is 437. The second-order valence-corrected chi connectivity index (χ2v) is 2.88. The predicted octanol–water partition coefficient (Wildman–Crippen LogP) is 1.82. The molecule has 2 N–H and O–H groups in total. The van der Waals surface area contributed by atoms with Crippen LogP contribution >= 0.6 is 0 Å². The van der Waals surface area contributed by atoms with Gasteiger partial charge in [0.15, 0.2) is 0 Å². The Balaban J connectivity index is 3.56. The summed E-state index contributed by atoms with van der Waals surface area (Å²) in [6.07, 6.45) is -8.03. The van der Waals surface area contributed by atoms with Crippen LogP contribution in [0, 0.1) is 0 Å². The van der Waals surface area contributed by atoms with E-state index in [0.29, 0.717) is 0 Å². The molecular weight excluding hydrogens is 237 g/mol. The van der Waals surface area contributed by atoms with Crippen LogP contribution in [0.1, 0.15) is 23.1 Å². The molecule has 16 heavy (non-hydrogen) atoms. The predicted molar refractivity (Wildman–Crippen MR) is 42.9 cm³/mol. The number of hydrogen-bond acceptors (Lipinski definition) is 2. The van der Waals surface area contributed by atoms with Gasteiger partial charge in [-0.1, -0.05) is 0 Å². The fourth-order valence-corrected chi connectivity index (χ4v) is 1.24. The number of rotatable bonds is 2. The van der Waals surface area contributed by atoms with Crippen molar-refractivity contribution in [2.45, 2.75) is 19.2 Å². The second-order valence-electron chi connectivity index (χ2n) is 2.88. The maximum atomic E-state index is 12.3. The fraction of sp³-hybridized carbons (Fsp3) is 0.375. The standard InChI is InChI=1S/C8H6F5NO2/c9-6(10)5-3(2-15)4(8(11,12)13)1-14-7(5)16/h1,6,15H,2H2,(H,14,16). The molecule has 1 heterocycles. The first kappa shape index (κ1) is 12.6. The minimum Gasteiger partial charge on any atom is -0.392 e. The summed E-state index contributed by atoms with van der Waals surface area (Å²) >= 11 is 0. The Morgan fingerprint density at radius 3 is 2.31 bits per heavy atom. The van der Waals surface area contributed by atoms with Crippen molar-refractivity contribution in [3.63, 3.8) is 0 Å². The monoisotopic (exact) mass is 243 g/mol. The molecule has 3 nitrogen and oxygen atoms in total. The van der Waals surface area contributed by atoms with Gasteiger partial charge in [-0.05, 0) is 0 Å². The molecule has 0 amide bonds. The van der Waals surface area contributed by atoms with E-state index in [1.165, 1.54) is 0 Å². The number of H-pyrrole nitrogens is 1.